The van der Waals surface area contributed by atoms with Gasteiger partial charge in [-0.05, 0) is 17.7 Å². The molecule has 0 heterocycles. The van der Waals surface area contributed by atoms with E-state index in [2.05, 4.69) is 5.32 Å². The summed E-state index contributed by atoms with van der Waals surface area (Å²) in [7, 11) is 4.87. The number of nitrogens with zero attached hydrogens (tertiary/aromatic N) is 1. The topological polar surface area (TPSA) is 50.8 Å². The van der Waals surface area contributed by atoms with Crippen molar-refractivity contribution in [1.82, 2.24) is 10.2 Å². The van der Waals surface area contributed by atoms with E-state index in [-0.39, 0.29) is 18.3 Å². The van der Waals surface area contributed by atoms with Crippen molar-refractivity contribution in [2.24, 2.45) is 0 Å². The minimum absolute atomic E-state index is 0.0841. The molecular weight excluding hydrogens is 263 g/mol. The second-order valence-corrected chi connectivity index (χ2v) is 4.51. The number of rotatable bonds is 8. The monoisotopic (exact) mass is 284 g/mol. The number of hydrogen-bond donors (Lipinski definition) is 1. The Balaban J connectivity index is 2.48. The molecule has 0 spiro atoms. The molecule has 6 heteroatoms. The average molecular weight is 284 g/mol. The number of hydrogen-bond acceptors (Lipinski definition) is 4. The third-order valence-corrected chi connectivity index (χ3v) is 2.66. The molecule has 0 aromatic heterocycles. The molecule has 0 saturated carbocycles. The fraction of sp³-hybridized carbons (Fsp3) is 0.500. The molecule has 0 radical (unpaired) electrons. The maximum atomic E-state index is 13.8. The Morgan fingerprint density at radius 2 is 2.15 bits per heavy atom. The minimum Gasteiger partial charge on any atom is -0.481 e. The third-order valence-electron chi connectivity index (χ3n) is 2.66. The molecule has 0 aliphatic heterocycles. The Hall–Kier alpha value is -1.66. The zero-order chi connectivity index (χ0) is 15.0. The van der Waals surface area contributed by atoms with Crippen molar-refractivity contribution in [3.05, 3.63) is 29.6 Å². The molecular formula is C14H21FN2O3. The zero-order valence-corrected chi connectivity index (χ0v) is 12.1. The molecule has 5 nitrogen and oxygen atoms in total. The van der Waals surface area contributed by atoms with E-state index < -0.39 is 5.82 Å². The molecule has 0 aliphatic carbocycles. The lowest BCUT2D eigenvalue weighted by Crippen LogP contribution is -2.27. The molecule has 0 unspecified atom stereocenters. The van der Waals surface area contributed by atoms with Gasteiger partial charge in [-0.15, -0.1) is 0 Å². The lowest BCUT2D eigenvalue weighted by Gasteiger charge is -2.12. The normalized spacial score (nSPS) is 10.4. The van der Waals surface area contributed by atoms with E-state index in [1.807, 2.05) is 0 Å². The molecule has 20 heavy (non-hydrogen) atoms. The smallest absolute Gasteiger partial charge is 0.259 e. The lowest BCUT2D eigenvalue weighted by atomic mass is 10.2. The van der Waals surface area contributed by atoms with Crippen LogP contribution in [-0.2, 0) is 16.1 Å². The number of carbonyl (C=O) groups is 1. The fourth-order valence-electron chi connectivity index (χ4n) is 1.45. The standard InChI is InChI=1S/C14H21FN2O3/c1-17(2)14(18)10-20-13-5-4-11(8-12(13)15)9-16-6-7-19-3/h4-5,8,16H,6-7,9-10H2,1-3H3. The van der Waals surface area contributed by atoms with Gasteiger partial charge in [0, 0.05) is 34.3 Å². The third kappa shape index (κ3) is 5.54. The van der Waals surface area contributed by atoms with E-state index in [0.29, 0.717) is 19.7 Å². The fourth-order valence-corrected chi connectivity index (χ4v) is 1.45. The Bertz CT molecular complexity index is 438. The number of carbonyl (C=O) groups excluding carboxylic acids is 1. The van der Waals surface area contributed by atoms with Gasteiger partial charge < -0.3 is 19.7 Å². The number of likely N-dealkylation sites (N-methyl/N-ethyl adjacent to an activating group) is 1. The second-order valence-electron chi connectivity index (χ2n) is 4.51. The van der Waals surface area contributed by atoms with Crippen molar-refractivity contribution in [3.63, 3.8) is 0 Å². The first kappa shape index (κ1) is 16.4. The maximum Gasteiger partial charge on any atom is 0.259 e. The van der Waals surface area contributed by atoms with Gasteiger partial charge in [0.1, 0.15) is 0 Å². The summed E-state index contributed by atoms with van der Waals surface area (Å²) >= 11 is 0. The van der Waals surface area contributed by atoms with Crippen molar-refractivity contribution in [1.29, 1.82) is 0 Å². The first-order valence-electron chi connectivity index (χ1n) is 6.35. The molecule has 0 atom stereocenters. The predicted molar refractivity (Wildman–Crippen MR) is 74.2 cm³/mol. The largest absolute Gasteiger partial charge is 0.481 e. The quantitative estimate of drug-likeness (QED) is 0.724. The molecule has 1 N–H and O–H groups in total. The van der Waals surface area contributed by atoms with Crippen LogP contribution in [0.1, 0.15) is 5.56 Å². The maximum absolute atomic E-state index is 13.8. The second kappa shape index (κ2) is 8.50. The van der Waals surface area contributed by atoms with E-state index in [1.165, 1.54) is 17.0 Å². The van der Waals surface area contributed by atoms with Crippen LogP contribution in [0.2, 0.25) is 0 Å². The number of ether oxygens (including phenoxy) is 2. The molecule has 112 valence electrons. The molecule has 1 aromatic rings. The summed E-state index contributed by atoms with van der Waals surface area (Å²) in [4.78, 5) is 12.7. The van der Waals surface area contributed by atoms with Gasteiger partial charge in [-0.3, -0.25) is 4.79 Å². The highest BCUT2D eigenvalue weighted by Crippen LogP contribution is 2.18. The Morgan fingerprint density at radius 3 is 2.75 bits per heavy atom. The molecule has 1 aromatic carbocycles. The van der Waals surface area contributed by atoms with Crippen molar-refractivity contribution >= 4 is 5.91 Å². The Labute approximate surface area is 118 Å². The summed E-state index contributed by atoms with van der Waals surface area (Å²) in [6.07, 6.45) is 0. The Morgan fingerprint density at radius 1 is 1.40 bits per heavy atom. The molecule has 0 fully saturated rings. The van der Waals surface area contributed by atoms with Crippen LogP contribution in [0.4, 0.5) is 4.39 Å². The van der Waals surface area contributed by atoms with E-state index >= 15 is 0 Å². The van der Waals surface area contributed by atoms with Crippen LogP contribution in [0.5, 0.6) is 5.75 Å². The van der Waals surface area contributed by atoms with E-state index in [1.54, 1.807) is 27.3 Å². The molecule has 1 rings (SSSR count). The zero-order valence-electron chi connectivity index (χ0n) is 12.1. The summed E-state index contributed by atoms with van der Waals surface area (Å²) in [5, 5.41) is 3.12. The van der Waals surface area contributed by atoms with E-state index in [0.717, 1.165) is 5.56 Å². The van der Waals surface area contributed by atoms with Crippen LogP contribution in [0, 0.1) is 5.82 Å². The summed E-state index contributed by atoms with van der Waals surface area (Å²) in [5.41, 5.74) is 0.810. The summed E-state index contributed by atoms with van der Waals surface area (Å²) in [5.74, 6) is -0.599. The van der Waals surface area contributed by atoms with Crippen molar-refractivity contribution in [2.75, 3.05) is 41.0 Å². The van der Waals surface area contributed by atoms with Gasteiger partial charge in [0.25, 0.3) is 5.91 Å². The number of benzene rings is 1. The summed E-state index contributed by atoms with van der Waals surface area (Å²) in [6.45, 7) is 1.69. The molecule has 0 bridgehead atoms. The van der Waals surface area contributed by atoms with E-state index in [9.17, 15) is 9.18 Å². The Kier molecular flexibility index (Phi) is 6.97. The van der Waals surface area contributed by atoms with Crippen LogP contribution in [0.3, 0.4) is 0 Å². The number of nitrogens with one attached hydrogen (secondary N) is 1. The highest BCUT2D eigenvalue weighted by molar-refractivity contribution is 5.77. The predicted octanol–water partition coefficient (Wildman–Crippen LogP) is 1.03. The lowest BCUT2D eigenvalue weighted by molar-refractivity contribution is -0.130. The number of halogens is 1. The van der Waals surface area contributed by atoms with Gasteiger partial charge in [0.2, 0.25) is 0 Å². The van der Waals surface area contributed by atoms with Crippen LogP contribution in [0.25, 0.3) is 0 Å². The highest BCUT2D eigenvalue weighted by atomic mass is 19.1. The summed E-state index contributed by atoms with van der Waals surface area (Å²) < 4.78 is 23.8. The van der Waals surface area contributed by atoms with Crippen molar-refractivity contribution in [3.8, 4) is 5.75 Å². The number of amides is 1. The SMILES string of the molecule is COCCNCc1ccc(OCC(=O)N(C)C)c(F)c1. The van der Waals surface area contributed by atoms with Gasteiger partial charge in [-0.1, -0.05) is 6.07 Å². The van der Waals surface area contributed by atoms with Crippen LogP contribution in [0.15, 0.2) is 18.2 Å². The number of methoxy groups -OCH3 is 1. The van der Waals surface area contributed by atoms with Crippen LogP contribution < -0.4 is 10.1 Å². The van der Waals surface area contributed by atoms with Gasteiger partial charge in [0.05, 0.1) is 6.61 Å². The van der Waals surface area contributed by atoms with E-state index in [4.69, 9.17) is 9.47 Å². The minimum atomic E-state index is -0.470. The first-order chi connectivity index (χ1) is 9.54. The molecule has 0 aliphatic rings. The highest BCUT2D eigenvalue weighted by Gasteiger charge is 2.09. The summed E-state index contributed by atoms with van der Waals surface area (Å²) in [6, 6.07) is 4.69. The van der Waals surface area contributed by atoms with Crippen molar-refractivity contribution in [2.45, 2.75) is 6.54 Å². The van der Waals surface area contributed by atoms with Gasteiger partial charge in [0.15, 0.2) is 18.2 Å². The van der Waals surface area contributed by atoms with Gasteiger partial charge in [-0.2, -0.15) is 0 Å². The van der Waals surface area contributed by atoms with Crippen molar-refractivity contribution < 1.29 is 18.7 Å². The van der Waals surface area contributed by atoms with Gasteiger partial charge >= 0.3 is 0 Å². The average Bonchev–Trinajstić information content (AvgIpc) is 2.42. The van der Waals surface area contributed by atoms with Crippen LogP contribution >= 0.6 is 0 Å². The van der Waals surface area contributed by atoms with Gasteiger partial charge in [-0.25, -0.2) is 4.39 Å². The first-order valence-corrected chi connectivity index (χ1v) is 6.35. The van der Waals surface area contributed by atoms with Crippen LogP contribution in [-0.4, -0.2) is 51.8 Å². The molecule has 0 saturated heterocycles. The molecule has 1 amide bonds.